The van der Waals surface area contributed by atoms with E-state index in [0.29, 0.717) is 0 Å². The number of alkyl halides is 6. The Hall–Kier alpha value is -0.990. The normalized spacial score (nSPS) is 16.6. The van der Waals surface area contributed by atoms with Crippen LogP contribution in [0.2, 0.25) is 0 Å². The van der Waals surface area contributed by atoms with Gasteiger partial charge in [0.15, 0.2) is 0 Å². The molecule has 0 radical (unpaired) electrons. The molecular formula is C9H14F6N2O. The summed E-state index contributed by atoms with van der Waals surface area (Å²) in [6, 6.07) is 0. The Morgan fingerprint density at radius 1 is 1.17 bits per heavy atom. The number of halogens is 6. The van der Waals surface area contributed by atoms with E-state index < -0.39 is 29.7 Å². The summed E-state index contributed by atoms with van der Waals surface area (Å²) in [5.41, 5.74) is 3.91. The van der Waals surface area contributed by atoms with Crippen molar-refractivity contribution in [2.75, 3.05) is 6.54 Å². The average Bonchev–Trinajstić information content (AvgIpc) is 2.12. The predicted molar refractivity (Wildman–Crippen MR) is 51.5 cm³/mol. The molecule has 0 aliphatic rings. The van der Waals surface area contributed by atoms with Crippen LogP contribution in [0.5, 0.6) is 0 Å². The molecule has 9 heteroatoms. The van der Waals surface area contributed by atoms with Crippen molar-refractivity contribution in [1.29, 1.82) is 0 Å². The van der Waals surface area contributed by atoms with Gasteiger partial charge in [-0.05, 0) is 13.3 Å². The summed E-state index contributed by atoms with van der Waals surface area (Å²) in [6.07, 6.45) is -11.3. The molecular weight excluding hydrogens is 266 g/mol. The van der Waals surface area contributed by atoms with Crippen LogP contribution in [0.1, 0.15) is 20.3 Å². The van der Waals surface area contributed by atoms with Gasteiger partial charge in [0.2, 0.25) is 11.8 Å². The third-order valence-corrected chi connectivity index (χ3v) is 2.57. The second-order valence-electron chi connectivity index (χ2n) is 4.12. The number of nitrogens with two attached hydrogens (primary N) is 1. The molecule has 0 fully saturated rings. The van der Waals surface area contributed by atoms with Gasteiger partial charge in [-0.1, -0.05) is 6.92 Å². The first kappa shape index (κ1) is 17.0. The van der Waals surface area contributed by atoms with Gasteiger partial charge in [-0.15, -0.1) is 0 Å². The van der Waals surface area contributed by atoms with E-state index in [1.807, 2.05) is 0 Å². The third kappa shape index (κ3) is 4.35. The summed E-state index contributed by atoms with van der Waals surface area (Å²) in [4.78, 5) is 11.2. The van der Waals surface area contributed by atoms with Gasteiger partial charge in [-0.3, -0.25) is 4.79 Å². The average molecular weight is 280 g/mol. The van der Waals surface area contributed by atoms with Crippen LogP contribution in [-0.2, 0) is 4.79 Å². The van der Waals surface area contributed by atoms with Crippen molar-refractivity contribution in [2.45, 2.75) is 38.2 Å². The van der Waals surface area contributed by atoms with E-state index in [1.54, 1.807) is 5.32 Å². The van der Waals surface area contributed by atoms with Crippen LogP contribution in [0.15, 0.2) is 0 Å². The van der Waals surface area contributed by atoms with Gasteiger partial charge in [-0.2, -0.15) is 26.3 Å². The number of nitrogens with one attached hydrogen (secondary N) is 1. The maximum absolute atomic E-state index is 12.2. The minimum absolute atomic E-state index is 0.109. The molecule has 0 aromatic carbocycles. The van der Waals surface area contributed by atoms with Crippen molar-refractivity contribution >= 4 is 5.91 Å². The first-order valence-electron chi connectivity index (χ1n) is 5.03. The second kappa shape index (κ2) is 5.33. The summed E-state index contributed by atoms with van der Waals surface area (Å²) >= 11 is 0. The van der Waals surface area contributed by atoms with Gasteiger partial charge in [0.05, 0.1) is 0 Å². The van der Waals surface area contributed by atoms with Crippen LogP contribution in [-0.4, -0.2) is 30.3 Å². The van der Waals surface area contributed by atoms with Crippen molar-refractivity contribution in [3.05, 3.63) is 0 Å². The molecule has 0 aromatic heterocycles. The number of rotatable bonds is 4. The topological polar surface area (TPSA) is 55.1 Å². The molecule has 0 rings (SSSR count). The monoisotopic (exact) mass is 280 g/mol. The molecule has 0 aliphatic carbocycles. The van der Waals surface area contributed by atoms with Gasteiger partial charge in [-0.25, -0.2) is 0 Å². The molecule has 0 spiro atoms. The maximum Gasteiger partial charge on any atom is 0.409 e. The summed E-state index contributed by atoms with van der Waals surface area (Å²) in [6.45, 7) is 2.50. The van der Waals surface area contributed by atoms with E-state index in [1.165, 1.54) is 13.8 Å². The van der Waals surface area contributed by atoms with Crippen molar-refractivity contribution < 1.29 is 31.1 Å². The fourth-order valence-corrected chi connectivity index (χ4v) is 1.14. The largest absolute Gasteiger partial charge is 0.409 e. The maximum atomic E-state index is 12.2. The van der Waals surface area contributed by atoms with E-state index in [2.05, 4.69) is 0 Å². The fraction of sp³-hybridized carbons (Fsp3) is 0.889. The van der Waals surface area contributed by atoms with E-state index >= 15 is 0 Å². The van der Waals surface area contributed by atoms with Crippen LogP contribution < -0.4 is 11.1 Å². The van der Waals surface area contributed by atoms with Crippen LogP contribution in [0.4, 0.5) is 26.3 Å². The minimum atomic E-state index is -5.69. The zero-order valence-corrected chi connectivity index (χ0v) is 9.74. The highest BCUT2D eigenvalue weighted by Crippen LogP contribution is 2.39. The van der Waals surface area contributed by atoms with Crippen molar-refractivity contribution in [2.24, 2.45) is 11.7 Å². The minimum Gasteiger partial charge on any atom is -0.349 e. The van der Waals surface area contributed by atoms with Crippen LogP contribution >= 0.6 is 0 Å². The Kier molecular flexibility index (Phi) is 5.04. The summed E-state index contributed by atoms with van der Waals surface area (Å²) in [7, 11) is 0. The quantitative estimate of drug-likeness (QED) is 0.774. The Bertz CT molecular complexity index is 280. The lowest BCUT2D eigenvalue weighted by molar-refractivity contribution is -0.274. The highest BCUT2D eigenvalue weighted by molar-refractivity contribution is 5.81. The molecule has 1 unspecified atom stereocenters. The molecule has 0 saturated carbocycles. The molecule has 0 saturated heterocycles. The Morgan fingerprint density at radius 3 is 1.78 bits per heavy atom. The Balaban J connectivity index is 5.14. The van der Waals surface area contributed by atoms with E-state index in [4.69, 9.17) is 5.73 Å². The van der Waals surface area contributed by atoms with Crippen LogP contribution in [0.3, 0.4) is 0 Å². The summed E-state index contributed by atoms with van der Waals surface area (Å²) in [5, 5.41) is 1.70. The van der Waals surface area contributed by atoms with Crippen LogP contribution in [0, 0.1) is 5.92 Å². The van der Waals surface area contributed by atoms with Gasteiger partial charge in [0.25, 0.3) is 0 Å². The molecule has 0 bridgehead atoms. The van der Waals surface area contributed by atoms with Crippen LogP contribution in [0.25, 0.3) is 0 Å². The molecule has 1 amide bonds. The van der Waals surface area contributed by atoms with Gasteiger partial charge >= 0.3 is 12.4 Å². The molecule has 3 N–H and O–H groups in total. The highest BCUT2D eigenvalue weighted by Gasteiger charge is 2.61. The SMILES string of the molecule is CCC(C)(CN)NC(=O)C(C(F)(F)F)C(F)(F)F. The first-order valence-corrected chi connectivity index (χ1v) is 5.03. The molecule has 1 atom stereocenters. The number of hydrogen-bond donors (Lipinski definition) is 2. The number of carbonyl (C=O) groups is 1. The molecule has 0 aliphatic heterocycles. The molecule has 3 nitrogen and oxygen atoms in total. The zero-order chi connectivity index (χ0) is 14.8. The molecule has 0 heterocycles. The molecule has 0 aromatic rings. The lowest BCUT2D eigenvalue weighted by atomic mass is 9.97. The third-order valence-electron chi connectivity index (χ3n) is 2.57. The van der Waals surface area contributed by atoms with E-state index in [9.17, 15) is 31.1 Å². The molecule has 18 heavy (non-hydrogen) atoms. The van der Waals surface area contributed by atoms with E-state index in [-0.39, 0.29) is 13.0 Å². The Morgan fingerprint density at radius 2 is 1.56 bits per heavy atom. The van der Waals surface area contributed by atoms with Gasteiger partial charge in [0, 0.05) is 12.1 Å². The Labute approximate surface area is 99.7 Å². The van der Waals surface area contributed by atoms with Crippen molar-refractivity contribution in [1.82, 2.24) is 5.32 Å². The standard InChI is InChI=1S/C9H14F6N2O/c1-3-7(2,4-16)17-6(18)5(8(10,11)12)9(13,14)15/h5H,3-4,16H2,1-2H3,(H,17,18). The number of hydrogen-bond acceptors (Lipinski definition) is 2. The van der Waals surface area contributed by atoms with Gasteiger partial charge in [0.1, 0.15) is 0 Å². The highest BCUT2D eigenvalue weighted by atomic mass is 19.4. The van der Waals surface area contributed by atoms with Crippen molar-refractivity contribution in [3.63, 3.8) is 0 Å². The number of amides is 1. The smallest absolute Gasteiger partial charge is 0.349 e. The van der Waals surface area contributed by atoms with Gasteiger partial charge < -0.3 is 11.1 Å². The lowest BCUT2D eigenvalue weighted by Gasteiger charge is -2.31. The van der Waals surface area contributed by atoms with Crippen molar-refractivity contribution in [3.8, 4) is 0 Å². The summed E-state index contributed by atoms with van der Waals surface area (Å²) in [5.74, 6) is -6.17. The van der Waals surface area contributed by atoms with E-state index in [0.717, 1.165) is 0 Å². The second-order valence-corrected chi connectivity index (χ2v) is 4.12. The zero-order valence-electron chi connectivity index (χ0n) is 9.74. The lowest BCUT2D eigenvalue weighted by Crippen LogP contribution is -2.57. The fourth-order valence-electron chi connectivity index (χ4n) is 1.14. The predicted octanol–water partition coefficient (Wildman–Crippen LogP) is 1.97. The molecule has 108 valence electrons. The number of carbonyl (C=O) groups excluding carboxylic acids is 1. The first-order chi connectivity index (χ1) is 7.87. The summed E-state index contributed by atoms with van der Waals surface area (Å²) < 4.78 is 73.4.